The lowest BCUT2D eigenvalue weighted by Gasteiger charge is -2.11. The molecule has 0 radical (unpaired) electrons. The fraction of sp³-hybridized carbons (Fsp3) is 0.111. The van der Waals surface area contributed by atoms with Crippen LogP contribution < -0.4 is 14.8 Å². The third-order valence-electron chi connectivity index (χ3n) is 3.31. The molecule has 0 saturated heterocycles. The fourth-order valence-electron chi connectivity index (χ4n) is 2.11. The Morgan fingerprint density at radius 2 is 1.92 bits per heavy atom. The second-order valence-electron chi connectivity index (χ2n) is 4.99. The second-order valence-corrected chi connectivity index (χ2v) is 6.66. The average molecular weight is 456 g/mol. The molecule has 0 fully saturated rings. The number of ether oxygens (including phenoxy) is 2. The van der Waals surface area contributed by atoms with Crippen LogP contribution in [0.2, 0.25) is 10.0 Å². The molecule has 0 aromatic heterocycles. The number of halogens is 3. The molecule has 5 nitrogen and oxygen atoms in total. The number of carbonyl (C=O) groups excluding carboxylic acids is 1. The van der Waals surface area contributed by atoms with Gasteiger partial charge in [-0.15, -0.1) is 0 Å². The molecule has 26 heavy (non-hydrogen) atoms. The molecule has 0 unspecified atom stereocenters. The standard InChI is InChI=1S/C18H13BrCl2N2O3/c1-25-16-7-10(6-13(19)17(16)26-2)5-11(9-22)18(24)23-12-3-4-14(20)15(21)8-12/h3-8H,1-2H3,(H,23,24)/b11-5-. The minimum atomic E-state index is -0.572. The number of amides is 1. The first-order valence-electron chi connectivity index (χ1n) is 7.19. The maximum Gasteiger partial charge on any atom is 0.266 e. The molecule has 2 rings (SSSR count). The topological polar surface area (TPSA) is 71.3 Å². The number of hydrogen-bond acceptors (Lipinski definition) is 4. The van der Waals surface area contributed by atoms with E-state index in [2.05, 4.69) is 21.2 Å². The largest absolute Gasteiger partial charge is 0.493 e. The number of methoxy groups -OCH3 is 2. The van der Waals surface area contributed by atoms with Crippen molar-refractivity contribution in [3.05, 3.63) is 56.0 Å². The molecule has 1 amide bonds. The first kappa shape index (κ1) is 20.1. The summed E-state index contributed by atoms with van der Waals surface area (Å²) in [7, 11) is 3.02. The Kier molecular flexibility index (Phi) is 6.92. The van der Waals surface area contributed by atoms with Gasteiger partial charge in [0.15, 0.2) is 11.5 Å². The number of benzene rings is 2. The number of hydrogen-bond donors (Lipinski definition) is 1. The van der Waals surface area contributed by atoms with Gasteiger partial charge in [0.05, 0.1) is 28.7 Å². The van der Waals surface area contributed by atoms with E-state index in [0.29, 0.717) is 37.3 Å². The SMILES string of the molecule is COc1cc(/C=C(/C#N)C(=O)Nc2ccc(Cl)c(Cl)c2)cc(Br)c1OC. The summed E-state index contributed by atoms with van der Waals surface area (Å²) in [6, 6.07) is 9.91. The summed E-state index contributed by atoms with van der Waals surface area (Å²) >= 11 is 15.1. The number of anilines is 1. The smallest absolute Gasteiger partial charge is 0.266 e. The van der Waals surface area contributed by atoms with Gasteiger partial charge >= 0.3 is 0 Å². The lowest BCUT2D eigenvalue weighted by atomic mass is 10.1. The van der Waals surface area contributed by atoms with E-state index in [-0.39, 0.29) is 5.57 Å². The summed E-state index contributed by atoms with van der Waals surface area (Å²) in [6.07, 6.45) is 1.44. The summed E-state index contributed by atoms with van der Waals surface area (Å²) in [5, 5.41) is 12.6. The predicted octanol–water partition coefficient (Wildman–Crippen LogP) is 5.32. The first-order chi connectivity index (χ1) is 12.4. The van der Waals surface area contributed by atoms with E-state index in [1.165, 1.54) is 26.4 Å². The van der Waals surface area contributed by atoms with E-state index in [1.54, 1.807) is 24.3 Å². The molecule has 0 aliphatic rings. The van der Waals surface area contributed by atoms with Gasteiger partial charge in [-0.3, -0.25) is 4.79 Å². The Labute approximate surface area is 169 Å². The van der Waals surface area contributed by atoms with E-state index in [4.69, 9.17) is 32.7 Å². The van der Waals surface area contributed by atoms with Crippen molar-refractivity contribution < 1.29 is 14.3 Å². The van der Waals surface area contributed by atoms with Crippen LogP contribution >= 0.6 is 39.1 Å². The molecule has 2 aromatic rings. The number of nitriles is 1. The first-order valence-corrected chi connectivity index (χ1v) is 8.74. The zero-order valence-electron chi connectivity index (χ0n) is 13.8. The van der Waals surface area contributed by atoms with Crippen LogP contribution in [0.25, 0.3) is 6.08 Å². The summed E-state index contributed by atoms with van der Waals surface area (Å²) < 4.78 is 11.1. The molecule has 0 heterocycles. The Morgan fingerprint density at radius 3 is 2.50 bits per heavy atom. The van der Waals surface area contributed by atoms with Gasteiger partial charge in [-0.1, -0.05) is 23.2 Å². The second kappa shape index (κ2) is 8.95. The Morgan fingerprint density at radius 1 is 1.19 bits per heavy atom. The van der Waals surface area contributed by atoms with E-state index in [0.717, 1.165) is 0 Å². The van der Waals surface area contributed by atoms with E-state index >= 15 is 0 Å². The van der Waals surface area contributed by atoms with Crippen LogP contribution in [0.3, 0.4) is 0 Å². The van der Waals surface area contributed by atoms with Gasteiger partial charge in [-0.05, 0) is 57.9 Å². The zero-order chi connectivity index (χ0) is 19.3. The highest BCUT2D eigenvalue weighted by Crippen LogP contribution is 2.36. The van der Waals surface area contributed by atoms with Crippen LogP contribution in [-0.4, -0.2) is 20.1 Å². The molecule has 1 N–H and O–H groups in total. The van der Waals surface area contributed by atoms with Crippen molar-refractivity contribution in [2.24, 2.45) is 0 Å². The molecule has 0 spiro atoms. The highest BCUT2D eigenvalue weighted by molar-refractivity contribution is 9.10. The zero-order valence-corrected chi connectivity index (χ0v) is 16.9. The van der Waals surface area contributed by atoms with Gasteiger partial charge in [0.25, 0.3) is 5.91 Å². The van der Waals surface area contributed by atoms with Crippen molar-refractivity contribution in [1.82, 2.24) is 0 Å². The van der Waals surface area contributed by atoms with Crippen LogP contribution in [-0.2, 0) is 4.79 Å². The number of nitrogens with zero attached hydrogens (tertiary/aromatic N) is 1. The maximum absolute atomic E-state index is 12.4. The predicted molar refractivity (Wildman–Crippen MR) is 106 cm³/mol. The lowest BCUT2D eigenvalue weighted by molar-refractivity contribution is -0.112. The van der Waals surface area contributed by atoms with Crippen molar-refractivity contribution in [1.29, 1.82) is 5.26 Å². The van der Waals surface area contributed by atoms with E-state index < -0.39 is 5.91 Å². The van der Waals surface area contributed by atoms with Crippen LogP contribution in [0, 0.1) is 11.3 Å². The molecule has 0 atom stereocenters. The van der Waals surface area contributed by atoms with Crippen molar-refractivity contribution in [2.45, 2.75) is 0 Å². The van der Waals surface area contributed by atoms with Gasteiger partial charge in [0.1, 0.15) is 11.6 Å². The molecule has 0 aliphatic carbocycles. The van der Waals surface area contributed by atoms with Crippen LogP contribution in [0.4, 0.5) is 5.69 Å². The monoisotopic (exact) mass is 454 g/mol. The maximum atomic E-state index is 12.4. The molecule has 0 bridgehead atoms. The Hall–Kier alpha value is -2.20. The number of nitrogens with one attached hydrogen (secondary N) is 1. The molecule has 0 saturated carbocycles. The highest BCUT2D eigenvalue weighted by Gasteiger charge is 2.13. The van der Waals surface area contributed by atoms with Gasteiger partial charge in [0, 0.05) is 5.69 Å². The van der Waals surface area contributed by atoms with Crippen LogP contribution in [0.5, 0.6) is 11.5 Å². The Bertz CT molecular complexity index is 923. The van der Waals surface area contributed by atoms with Crippen molar-refractivity contribution >= 4 is 56.8 Å². The van der Waals surface area contributed by atoms with Gasteiger partial charge in [-0.25, -0.2) is 0 Å². The third-order valence-corrected chi connectivity index (χ3v) is 4.64. The highest BCUT2D eigenvalue weighted by atomic mass is 79.9. The molecule has 2 aromatic carbocycles. The summed E-state index contributed by atoms with van der Waals surface area (Å²) in [5.74, 6) is 0.413. The summed E-state index contributed by atoms with van der Waals surface area (Å²) in [5.41, 5.74) is 0.935. The van der Waals surface area contributed by atoms with Gasteiger partial charge in [0.2, 0.25) is 0 Å². The van der Waals surface area contributed by atoms with E-state index in [9.17, 15) is 10.1 Å². The molecule has 134 valence electrons. The number of carbonyl (C=O) groups is 1. The number of rotatable bonds is 5. The van der Waals surface area contributed by atoms with Crippen molar-refractivity contribution in [3.63, 3.8) is 0 Å². The molecular formula is C18H13BrCl2N2O3. The average Bonchev–Trinajstić information content (AvgIpc) is 2.62. The summed E-state index contributed by atoms with van der Waals surface area (Å²) in [6.45, 7) is 0. The lowest BCUT2D eigenvalue weighted by Crippen LogP contribution is -2.13. The normalized spacial score (nSPS) is 10.8. The molecule has 8 heteroatoms. The van der Waals surface area contributed by atoms with Crippen LogP contribution in [0.1, 0.15) is 5.56 Å². The molecular weight excluding hydrogens is 443 g/mol. The van der Waals surface area contributed by atoms with Gasteiger partial charge < -0.3 is 14.8 Å². The molecule has 0 aliphatic heterocycles. The quantitative estimate of drug-likeness (QED) is 0.489. The summed E-state index contributed by atoms with van der Waals surface area (Å²) in [4.78, 5) is 12.4. The minimum absolute atomic E-state index is 0.0878. The van der Waals surface area contributed by atoms with E-state index in [1.807, 2.05) is 6.07 Å². The Balaban J connectivity index is 2.32. The van der Waals surface area contributed by atoms with Crippen LogP contribution in [0.15, 0.2) is 40.4 Å². The van der Waals surface area contributed by atoms with Crippen molar-refractivity contribution in [2.75, 3.05) is 19.5 Å². The fourth-order valence-corrected chi connectivity index (χ4v) is 3.03. The van der Waals surface area contributed by atoms with Crippen molar-refractivity contribution in [3.8, 4) is 17.6 Å². The van der Waals surface area contributed by atoms with Gasteiger partial charge in [-0.2, -0.15) is 5.26 Å². The third kappa shape index (κ3) is 4.70. The minimum Gasteiger partial charge on any atom is -0.493 e.